The first-order valence-corrected chi connectivity index (χ1v) is 6.40. The van der Waals surface area contributed by atoms with Crippen molar-refractivity contribution in [2.75, 3.05) is 11.9 Å². The van der Waals surface area contributed by atoms with E-state index in [2.05, 4.69) is 17.4 Å². The van der Waals surface area contributed by atoms with E-state index >= 15 is 0 Å². The summed E-state index contributed by atoms with van der Waals surface area (Å²) in [5, 5.41) is 14.0. The van der Waals surface area contributed by atoms with Crippen molar-refractivity contribution >= 4 is 11.4 Å². The summed E-state index contributed by atoms with van der Waals surface area (Å²) >= 11 is 0. The van der Waals surface area contributed by atoms with Crippen molar-refractivity contribution in [3.8, 4) is 0 Å². The average Bonchev–Trinajstić information content (AvgIpc) is 2.48. The Hall–Kier alpha value is -2.40. The van der Waals surface area contributed by atoms with Crippen LogP contribution in [0.15, 0.2) is 48.5 Å². The molecule has 0 radical (unpaired) electrons. The Labute approximate surface area is 116 Å². The number of nitrogens with zero attached hydrogens (tertiary/aromatic N) is 1. The normalized spacial score (nSPS) is 17.3. The van der Waals surface area contributed by atoms with Gasteiger partial charge in [0.15, 0.2) is 0 Å². The van der Waals surface area contributed by atoms with Crippen LogP contribution in [0.25, 0.3) is 0 Å². The molecule has 20 heavy (non-hydrogen) atoms. The Morgan fingerprint density at radius 2 is 1.90 bits per heavy atom. The molecule has 1 heterocycles. The molecule has 0 bridgehead atoms. The molecule has 0 spiro atoms. The highest BCUT2D eigenvalue weighted by atomic mass is 16.6. The molecule has 0 saturated heterocycles. The number of anilines is 1. The summed E-state index contributed by atoms with van der Waals surface area (Å²) in [6.45, 7) is 1.22. The fraction of sp³-hybridized carbons (Fsp3) is 0.200. The second-order valence-electron chi connectivity index (χ2n) is 4.71. The summed E-state index contributed by atoms with van der Waals surface area (Å²) in [5.41, 5.74) is 3.34. The van der Waals surface area contributed by atoms with Crippen LogP contribution < -0.4 is 5.32 Å². The highest BCUT2D eigenvalue weighted by molar-refractivity contribution is 5.51. The van der Waals surface area contributed by atoms with E-state index in [1.807, 2.05) is 12.1 Å². The van der Waals surface area contributed by atoms with Crippen LogP contribution in [0.4, 0.5) is 11.4 Å². The maximum Gasteiger partial charge on any atom is 0.269 e. The van der Waals surface area contributed by atoms with E-state index in [0.29, 0.717) is 13.2 Å². The van der Waals surface area contributed by atoms with Crippen LogP contribution in [0.5, 0.6) is 0 Å². The van der Waals surface area contributed by atoms with Crippen LogP contribution in [0.3, 0.4) is 0 Å². The lowest BCUT2D eigenvalue weighted by Crippen LogP contribution is -2.23. The lowest BCUT2D eigenvalue weighted by atomic mass is 9.99. The second kappa shape index (κ2) is 5.30. The van der Waals surface area contributed by atoms with Crippen molar-refractivity contribution in [3.05, 3.63) is 69.8 Å². The van der Waals surface area contributed by atoms with Gasteiger partial charge >= 0.3 is 0 Å². The van der Waals surface area contributed by atoms with Crippen molar-refractivity contribution in [2.45, 2.75) is 12.6 Å². The first-order valence-electron chi connectivity index (χ1n) is 6.40. The maximum absolute atomic E-state index is 10.6. The molecule has 102 valence electrons. The van der Waals surface area contributed by atoms with Crippen LogP contribution in [0.2, 0.25) is 0 Å². The van der Waals surface area contributed by atoms with E-state index in [9.17, 15) is 10.1 Å². The van der Waals surface area contributed by atoms with E-state index in [0.717, 1.165) is 5.69 Å². The smallest absolute Gasteiger partial charge is 0.269 e. The van der Waals surface area contributed by atoms with E-state index in [1.54, 1.807) is 12.1 Å². The second-order valence-corrected chi connectivity index (χ2v) is 4.71. The molecule has 3 rings (SSSR count). The van der Waals surface area contributed by atoms with Gasteiger partial charge in [0.25, 0.3) is 5.69 Å². The fourth-order valence-corrected chi connectivity index (χ4v) is 2.38. The number of nitrogens with one attached hydrogen (secondary N) is 1. The summed E-state index contributed by atoms with van der Waals surface area (Å²) in [7, 11) is 0. The van der Waals surface area contributed by atoms with Gasteiger partial charge < -0.3 is 10.1 Å². The standard InChI is InChI=1S/C15H14N2O3/c18-17(19)13-7-5-12(6-8-13)16-15-10-20-9-11-3-1-2-4-14(11)15/h1-8,15-16H,9-10H2. The molecule has 2 aromatic rings. The monoisotopic (exact) mass is 270 g/mol. The quantitative estimate of drug-likeness (QED) is 0.686. The van der Waals surface area contributed by atoms with Crippen LogP contribution >= 0.6 is 0 Å². The summed E-state index contributed by atoms with van der Waals surface area (Å²) < 4.78 is 5.57. The van der Waals surface area contributed by atoms with E-state index in [1.165, 1.54) is 23.3 Å². The summed E-state index contributed by atoms with van der Waals surface area (Å²) in [6, 6.07) is 14.6. The van der Waals surface area contributed by atoms with Crippen molar-refractivity contribution in [3.63, 3.8) is 0 Å². The van der Waals surface area contributed by atoms with Crippen LogP contribution in [0, 0.1) is 10.1 Å². The SMILES string of the molecule is O=[N+]([O-])c1ccc(NC2COCc3ccccc32)cc1. The van der Waals surface area contributed by atoms with Gasteiger partial charge in [-0.2, -0.15) is 0 Å². The molecule has 0 aromatic heterocycles. The van der Waals surface area contributed by atoms with Crippen molar-refractivity contribution in [1.82, 2.24) is 0 Å². The fourth-order valence-electron chi connectivity index (χ4n) is 2.38. The van der Waals surface area contributed by atoms with Gasteiger partial charge in [0.05, 0.1) is 24.2 Å². The number of hydrogen-bond donors (Lipinski definition) is 1. The first-order chi connectivity index (χ1) is 9.74. The number of benzene rings is 2. The number of nitro benzene ring substituents is 1. The number of rotatable bonds is 3. The van der Waals surface area contributed by atoms with Crippen LogP contribution in [0.1, 0.15) is 17.2 Å². The van der Waals surface area contributed by atoms with Gasteiger partial charge in [-0.15, -0.1) is 0 Å². The number of nitro groups is 1. The predicted octanol–water partition coefficient (Wildman–Crippen LogP) is 3.28. The molecule has 0 amide bonds. The molecular formula is C15H14N2O3. The number of ether oxygens (including phenoxy) is 1. The minimum atomic E-state index is -0.400. The van der Waals surface area contributed by atoms with Crippen LogP contribution in [-0.4, -0.2) is 11.5 Å². The van der Waals surface area contributed by atoms with E-state index in [4.69, 9.17) is 4.74 Å². The Morgan fingerprint density at radius 3 is 2.65 bits per heavy atom. The first kappa shape index (κ1) is 12.6. The van der Waals surface area contributed by atoms with Crippen molar-refractivity contribution < 1.29 is 9.66 Å². The zero-order valence-corrected chi connectivity index (χ0v) is 10.8. The molecule has 0 fully saturated rings. The number of non-ortho nitro benzene ring substituents is 1. The summed E-state index contributed by atoms with van der Waals surface area (Å²) in [6.07, 6.45) is 0. The van der Waals surface area contributed by atoms with Gasteiger partial charge in [-0.25, -0.2) is 0 Å². The van der Waals surface area contributed by atoms with Gasteiger partial charge in [0.2, 0.25) is 0 Å². The predicted molar refractivity (Wildman–Crippen MR) is 75.6 cm³/mol. The maximum atomic E-state index is 10.6. The van der Waals surface area contributed by atoms with Crippen molar-refractivity contribution in [2.24, 2.45) is 0 Å². The zero-order valence-electron chi connectivity index (χ0n) is 10.8. The summed E-state index contributed by atoms with van der Waals surface area (Å²) in [4.78, 5) is 10.2. The Kier molecular flexibility index (Phi) is 3.35. The lowest BCUT2D eigenvalue weighted by Gasteiger charge is -2.27. The third-order valence-corrected chi connectivity index (χ3v) is 3.39. The molecule has 0 aliphatic carbocycles. The zero-order chi connectivity index (χ0) is 13.9. The highest BCUT2D eigenvalue weighted by Crippen LogP contribution is 2.28. The number of fused-ring (bicyclic) bond motifs is 1. The van der Waals surface area contributed by atoms with Crippen molar-refractivity contribution in [1.29, 1.82) is 0 Å². The minimum Gasteiger partial charge on any atom is -0.376 e. The molecular weight excluding hydrogens is 256 g/mol. The minimum absolute atomic E-state index is 0.0707. The van der Waals surface area contributed by atoms with E-state index < -0.39 is 4.92 Å². The van der Waals surface area contributed by atoms with Gasteiger partial charge in [-0.1, -0.05) is 24.3 Å². The molecule has 1 aliphatic rings. The molecule has 1 unspecified atom stereocenters. The molecule has 1 aliphatic heterocycles. The number of hydrogen-bond acceptors (Lipinski definition) is 4. The van der Waals surface area contributed by atoms with Gasteiger partial charge in [-0.3, -0.25) is 10.1 Å². The largest absolute Gasteiger partial charge is 0.376 e. The van der Waals surface area contributed by atoms with Gasteiger partial charge in [0.1, 0.15) is 0 Å². The molecule has 1 atom stereocenters. The highest BCUT2D eigenvalue weighted by Gasteiger charge is 2.20. The van der Waals surface area contributed by atoms with Crippen LogP contribution in [-0.2, 0) is 11.3 Å². The lowest BCUT2D eigenvalue weighted by molar-refractivity contribution is -0.384. The molecule has 1 N–H and O–H groups in total. The molecule has 5 nitrogen and oxygen atoms in total. The third kappa shape index (κ3) is 2.48. The Bertz CT molecular complexity index is 625. The topological polar surface area (TPSA) is 64.4 Å². The summed E-state index contributed by atoms with van der Waals surface area (Å²) in [5.74, 6) is 0. The van der Waals surface area contributed by atoms with Gasteiger partial charge in [0, 0.05) is 17.8 Å². The average molecular weight is 270 g/mol. The Morgan fingerprint density at radius 1 is 1.15 bits per heavy atom. The van der Waals surface area contributed by atoms with Gasteiger partial charge in [-0.05, 0) is 23.3 Å². The van der Waals surface area contributed by atoms with E-state index in [-0.39, 0.29) is 11.7 Å². The molecule has 2 aromatic carbocycles. The third-order valence-electron chi connectivity index (χ3n) is 3.39. The Balaban J connectivity index is 1.80. The molecule has 0 saturated carbocycles. The molecule has 5 heteroatoms.